The molecule has 4 rings (SSSR count). The molecule has 0 radical (unpaired) electrons. The van der Waals surface area contributed by atoms with Crippen LogP contribution < -0.4 is 10.2 Å². The van der Waals surface area contributed by atoms with Gasteiger partial charge in [-0.25, -0.2) is 14.6 Å². The number of nitrogens with zero attached hydrogens (tertiary/aromatic N) is 6. The number of nitrogens with one attached hydrogen (secondary N) is 1. The zero-order chi connectivity index (χ0) is 17.1. The maximum Gasteiger partial charge on any atom is 0.247 e. The largest absolute Gasteiger partial charge is 0.378 e. The smallest absolute Gasteiger partial charge is 0.247 e. The Morgan fingerprint density at radius 3 is 2.92 bits per heavy atom. The molecule has 0 bridgehead atoms. The molecule has 25 heavy (non-hydrogen) atoms. The van der Waals surface area contributed by atoms with Gasteiger partial charge < -0.3 is 15.0 Å². The van der Waals surface area contributed by atoms with Gasteiger partial charge in [0, 0.05) is 19.2 Å². The molecule has 0 unspecified atom stereocenters. The minimum atomic E-state index is -0.220. The van der Waals surface area contributed by atoms with Crippen LogP contribution in [0.2, 0.25) is 0 Å². The minimum absolute atomic E-state index is 0.0669. The lowest BCUT2D eigenvalue weighted by Crippen LogP contribution is -2.36. The Morgan fingerprint density at radius 1 is 1.20 bits per heavy atom. The Kier molecular flexibility index (Phi) is 4.21. The number of benzene rings is 1. The molecule has 3 heterocycles. The fraction of sp³-hybridized carbons (Fsp3) is 0.312. The van der Waals surface area contributed by atoms with Crippen molar-refractivity contribution in [2.24, 2.45) is 0 Å². The van der Waals surface area contributed by atoms with Gasteiger partial charge in [-0.1, -0.05) is 17.3 Å². The van der Waals surface area contributed by atoms with Gasteiger partial charge in [-0.3, -0.25) is 4.79 Å². The number of para-hydroxylation sites is 1. The highest BCUT2D eigenvalue weighted by molar-refractivity contribution is 5.90. The van der Waals surface area contributed by atoms with Crippen LogP contribution in [0.3, 0.4) is 0 Å². The molecule has 1 aromatic carbocycles. The highest BCUT2D eigenvalue weighted by Crippen LogP contribution is 2.16. The van der Waals surface area contributed by atoms with Crippen molar-refractivity contribution in [1.29, 1.82) is 0 Å². The van der Waals surface area contributed by atoms with Crippen molar-refractivity contribution in [3.63, 3.8) is 0 Å². The van der Waals surface area contributed by atoms with E-state index < -0.39 is 0 Å². The van der Waals surface area contributed by atoms with E-state index in [1.165, 1.54) is 6.33 Å². The summed E-state index contributed by atoms with van der Waals surface area (Å²) in [7, 11) is 0. The summed E-state index contributed by atoms with van der Waals surface area (Å²) in [4.78, 5) is 22.8. The summed E-state index contributed by atoms with van der Waals surface area (Å²) in [6.45, 7) is 2.96. The molecule has 0 atom stereocenters. The van der Waals surface area contributed by atoms with Crippen LogP contribution in [0.1, 0.15) is 0 Å². The van der Waals surface area contributed by atoms with Crippen LogP contribution in [0.4, 0.5) is 11.6 Å². The third-order valence-electron chi connectivity index (χ3n) is 3.97. The number of aromatic nitrogens is 5. The monoisotopic (exact) mass is 339 g/mol. The van der Waals surface area contributed by atoms with E-state index in [1.807, 2.05) is 24.3 Å². The van der Waals surface area contributed by atoms with Crippen LogP contribution in [0.5, 0.6) is 0 Å². The number of hydrogen-bond donors (Lipinski definition) is 1. The lowest BCUT2D eigenvalue weighted by molar-refractivity contribution is -0.116. The molecule has 0 aliphatic carbocycles. The number of anilines is 2. The lowest BCUT2D eigenvalue weighted by atomic mass is 10.3. The first-order chi connectivity index (χ1) is 12.3. The second-order valence-corrected chi connectivity index (χ2v) is 5.64. The number of rotatable bonds is 4. The second kappa shape index (κ2) is 6.81. The maximum absolute atomic E-state index is 12.3. The van der Waals surface area contributed by atoms with Gasteiger partial charge in [0.1, 0.15) is 30.0 Å². The second-order valence-electron chi connectivity index (χ2n) is 5.64. The number of amides is 1. The molecule has 3 aromatic rings. The van der Waals surface area contributed by atoms with E-state index in [9.17, 15) is 4.79 Å². The van der Waals surface area contributed by atoms with Crippen LogP contribution >= 0.6 is 0 Å². The van der Waals surface area contributed by atoms with Crippen molar-refractivity contribution in [3.05, 3.63) is 36.7 Å². The van der Waals surface area contributed by atoms with E-state index >= 15 is 0 Å². The number of fused-ring (bicyclic) bond motifs is 1. The minimum Gasteiger partial charge on any atom is -0.378 e. The normalized spacial score (nSPS) is 14.6. The van der Waals surface area contributed by atoms with Crippen molar-refractivity contribution < 1.29 is 9.53 Å². The summed E-state index contributed by atoms with van der Waals surface area (Å²) in [5.41, 5.74) is 1.57. The van der Waals surface area contributed by atoms with Crippen LogP contribution in [-0.2, 0) is 16.1 Å². The molecule has 0 spiro atoms. The number of hydrogen-bond acceptors (Lipinski definition) is 7. The summed E-state index contributed by atoms with van der Waals surface area (Å²) >= 11 is 0. The average Bonchev–Trinajstić information content (AvgIpc) is 3.06. The Balaban J connectivity index is 1.45. The van der Waals surface area contributed by atoms with E-state index in [4.69, 9.17) is 4.74 Å². The van der Waals surface area contributed by atoms with Crippen molar-refractivity contribution >= 4 is 28.6 Å². The summed E-state index contributed by atoms with van der Waals surface area (Å²) in [5, 5.41) is 10.8. The predicted octanol–water partition coefficient (Wildman–Crippen LogP) is 0.697. The molecule has 9 heteroatoms. The van der Waals surface area contributed by atoms with Crippen molar-refractivity contribution in [3.8, 4) is 0 Å². The first-order valence-corrected chi connectivity index (χ1v) is 8.02. The van der Waals surface area contributed by atoms with E-state index in [0.717, 1.165) is 29.9 Å². The third-order valence-corrected chi connectivity index (χ3v) is 3.97. The molecular weight excluding hydrogens is 322 g/mol. The number of carbonyl (C=O) groups excluding carboxylic acids is 1. The molecule has 9 nitrogen and oxygen atoms in total. The van der Waals surface area contributed by atoms with Crippen LogP contribution in [0.25, 0.3) is 11.0 Å². The third kappa shape index (κ3) is 3.41. The first-order valence-electron chi connectivity index (χ1n) is 8.02. The lowest BCUT2D eigenvalue weighted by Gasteiger charge is -2.27. The van der Waals surface area contributed by atoms with E-state index in [1.54, 1.807) is 10.7 Å². The summed E-state index contributed by atoms with van der Waals surface area (Å²) in [6.07, 6.45) is 1.45. The summed E-state index contributed by atoms with van der Waals surface area (Å²) < 4.78 is 6.90. The van der Waals surface area contributed by atoms with Crippen LogP contribution in [-0.4, -0.2) is 57.2 Å². The van der Waals surface area contributed by atoms with Gasteiger partial charge in [-0.2, -0.15) is 0 Å². The fourth-order valence-corrected chi connectivity index (χ4v) is 2.73. The topological polar surface area (TPSA) is 98.1 Å². The number of carbonyl (C=O) groups is 1. The van der Waals surface area contributed by atoms with Crippen LogP contribution in [0.15, 0.2) is 36.7 Å². The highest BCUT2D eigenvalue weighted by Gasteiger charge is 2.14. The van der Waals surface area contributed by atoms with Gasteiger partial charge in [0.15, 0.2) is 0 Å². The van der Waals surface area contributed by atoms with Gasteiger partial charge >= 0.3 is 0 Å². The van der Waals surface area contributed by atoms with Gasteiger partial charge in [0.2, 0.25) is 5.91 Å². The van der Waals surface area contributed by atoms with Crippen molar-refractivity contribution in [2.75, 3.05) is 36.5 Å². The maximum atomic E-state index is 12.3. The van der Waals surface area contributed by atoms with E-state index in [2.05, 4.69) is 30.5 Å². The first kappa shape index (κ1) is 15.5. The van der Waals surface area contributed by atoms with Gasteiger partial charge in [-0.05, 0) is 12.1 Å². The van der Waals surface area contributed by atoms with Crippen LogP contribution in [0, 0.1) is 0 Å². The van der Waals surface area contributed by atoms with E-state index in [0.29, 0.717) is 19.0 Å². The highest BCUT2D eigenvalue weighted by atomic mass is 16.5. The number of morpholine rings is 1. The quantitative estimate of drug-likeness (QED) is 0.747. The molecule has 1 aliphatic rings. The summed E-state index contributed by atoms with van der Waals surface area (Å²) in [5.74, 6) is 1.02. The molecular formula is C16H17N7O2. The Bertz CT molecular complexity index is 889. The molecule has 1 N–H and O–H groups in total. The standard InChI is InChI=1S/C16H17N7O2/c24-16(10-23-13-4-2-1-3-12(13)20-21-23)19-14-9-15(18-11-17-14)22-5-7-25-8-6-22/h1-4,9,11H,5-8,10H2,(H,17,18,19,24). The van der Waals surface area contributed by atoms with Gasteiger partial charge in [0.05, 0.1) is 18.7 Å². The Morgan fingerprint density at radius 2 is 2.04 bits per heavy atom. The van der Waals surface area contributed by atoms with Gasteiger partial charge in [-0.15, -0.1) is 5.10 Å². The molecule has 1 aliphatic heterocycles. The molecule has 1 saturated heterocycles. The zero-order valence-electron chi connectivity index (χ0n) is 13.5. The fourth-order valence-electron chi connectivity index (χ4n) is 2.73. The molecule has 128 valence electrons. The predicted molar refractivity (Wildman–Crippen MR) is 91.2 cm³/mol. The van der Waals surface area contributed by atoms with Gasteiger partial charge in [0.25, 0.3) is 0 Å². The Hall–Kier alpha value is -3.07. The average molecular weight is 339 g/mol. The molecule has 0 saturated carbocycles. The summed E-state index contributed by atoms with van der Waals surface area (Å²) in [6, 6.07) is 9.27. The Labute approximate surface area is 143 Å². The zero-order valence-corrected chi connectivity index (χ0v) is 13.5. The van der Waals surface area contributed by atoms with E-state index in [-0.39, 0.29) is 12.5 Å². The van der Waals surface area contributed by atoms with Crippen molar-refractivity contribution in [1.82, 2.24) is 25.0 Å². The SMILES string of the molecule is O=C(Cn1nnc2ccccc21)Nc1cc(N2CCOCC2)ncn1. The molecule has 1 amide bonds. The molecule has 2 aromatic heterocycles. The van der Waals surface area contributed by atoms with Crippen molar-refractivity contribution in [2.45, 2.75) is 6.54 Å². The number of ether oxygens (including phenoxy) is 1. The molecule has 1 fully saturated rings.